The first-order valence-electron chi connectivity index (χ1n) is 7.77. The molecule has 2 aromatic rings. The summed E-state index contributed by atoms with van der Waals surface area (Å²) < 4.78 is 0. The van der Waals surface area contributed by atoms with Crippen molar-refractivity contribution in [2.75, 3.05) is 24.1 Å². The van der Waals surface area contributed by atoms with Gasteiger partial charge in [-0.1, -0.05) is 0 Å². The minimum atomic E-state index is -0.623. The number of pyridine rings is 1. The van der Waals surface area contributed by atoms with Gasteiger partial charge in [0.05, 0.1) is 4.92 Å². The molecule has 0 unspecified atom stereocenters. The molecule has 10 heteroatoms. The Hall–Kier alpha value is -3.30. The highest BCUT2D eigenvalue weighted by Gasteiger charge is 2.24. The van der Waals surface area contributed by atoms with E-state index in [0.717, 1.165) is 19.0 Å². The lowest BCUT2D eigenvalue weighted by molar-refractivity contribution is -0.384. The van der Waals surface area contributed by atoms with Gasteiger partial charge < -0.3 is 16.0 Å². The smallest absolute Gasteiger partial charge is 0.329 e. The average molecular weight is 343 g/mol. The number of nitrogens with one attached hydrogen (secondary N) is 1. The molecule has 1 saturated heterocycles. The third-order valence-corrected chi connectivity index (χ3v) is 4.04. The molecular weight excluding hydrogens is 326 g/mol. The highest BCUT2D eigenvalue weighted by molar-refractivity contribution is 5.94. The van der Waals surface area contributed by atoms with Gasteiger partial charge in [-0.25, -0.2) is 4.98 Å². The van der Waals surface area contributed by atoms with Crippen molar-refractivity contribution < 1.29 is 9.72 Å². The van der Waals surface area contributed by atoms with Crippen LogP contribution in [-0.4, -0.2) is 49.8 Å². The summed E-state index contributed by atoms with van der Waals surface area (Å²) >= 11 is 0. The molecule has 3 rings (SSSR count). The SMILES string of the molecule is Nc1nc(NC2CCN(C(=O)c3ccncc3)CC2)ncc1[N+](=O)[O-]. The topological polar surface area (TPSA) is 140 Å². The van der Waals surface area contributed by atoms with Crippen LogP contribution in [-0.2, 0) is 0 Å². The predicted molar refractivity (Wildman–Crippen MR) is 89.9 cm³/mol. The number of amides is 1. The van der Waals surface area contributed by atoms with Gasteiger partial charge in [0.15, 0.2) is 0 Å². The molecule has 0 saturated carbocycles. The third kappa shape index (κ3) is 3.79. The van der Waals surface area contributed by atoms with Crippen LogP contribution in [0.5, 0.6) is 0 Å². The maximum Gasteiger partial charge on any atom is 0.329 e. The second kappa shape index (κ2) is 7.07. The van der Waals surface area contributed by atoms with Gasteiger partial charge in [0.2, 0.25) is 11.8 Å². The van der Waals surface area contributed by atoms with Crippen molar-refractivity contribution in [3.8, 4) is 0 Å². The minimum Gasteiger partial charge on any atom is -0.378 e. The van der Waals surface area contributed by atoms with Gasteiger partial charge in [-0.05, 0) is 25.0 Å². The van der Waals surface area contributed by atoms with E-state index in [0.29, 0.717) is 18.7 Å². The second-order valence-electron chi connectivity index (χ2n) is 5.67. The van der Waals surface area contributed by atoms with E-state index in [9.17, 15) is 14.9 Å². The number of hydrogen-bond donors (Lipinski definition) is 2. The molecule has 3 N–H and O–H groups in total. The number of likely N-dealkylation sites (tertiary alicyclic amines) is 1. The van der Waals surface area contributed by atoms with Gasteiger partial charge in [-0.3, -0.25) is 19.9 Å². The first-order valence-corrected chi connectivity index (χ1v) is 7.77. The molecule has 0 aromatic carbocycles. The summed E-state index contributed by atoms with van der Waals surface area (Å²) in [7, 11) is 0. The summed E-state index contributed by atoms with van der Waals surface area (Å²) in [6.07, 6.45) is 5.72. The van der Waals surface area contributed by atoms with Gasteiger partial charge in [0.1, 0.15) is 6.20 Å². The first-order chi connectivity index (χ1) is 12.0. The van der Waals surface area contributed by atoms with Crippen molar-refractivity contribution in [1.82, 2.24) is 19.9 Å². The van der Waals surface area contributed by atoms with E-state index in [1.165, 1.54) is 0 Å². The predicted octanol–water partition coefficient (Wildman–Crippen LogP) is 1.08. The Balaban J connectivity index is 1.57. The molecule has 1 fully saturated rings. The van der Waals surface area contributed by atoms with Crippen molar-refractivity contribution in [2.45, 2.75) is 18.9 Å². The summed E-state index contributed by atoms with van der Waals surface area (Å²) in [5, 5.41) is 13.8. The average Bonchev–Trinajstić information content (AvgIpc) is 2.62. The van der Waals surface area contributed by atoms with Crippen molar-refractivity contribution in [3.63, 3.8) is 0 Å². The second-order valence-corrected chi connectivity index (χ2v) is 5.67. The number of nitrogens with zero attached hydrogens (tertiary/aromatic N) is 5. The number of anilines is 2. The Morgan fingerprint density at radius 1 is 1.32 bits per heavy atom. The molecule has 0 aliphatic carbocycles. The fourth-order valence-electron chi connectivity index (χ4n) is 2.69. The maximum absolute atomic E-state index is 12.4. The number of nitrogen functional groups attached to an aromatic ring is 1. The zero-order chi connectivity index (χ0) is 17.8. The normalized spacial score (nSPS) is 15.0. The molecule has 3 heterocycles. The van der Waals surface area contributed by atoms with Crippen molar-refractivity contribution in [2.24, 2.45) is 0 Å². The van der Waals surface area contributed by atoms with E-state index in [2.05, 4.69) is 20.3 Å². The Kier molecular flexibility index (Phi) is 4.68. The Bertz CT molecular complexity index is 776. The molecule has 10 nitrogen and oxygen atoms in total. The van der Waals surface area contributed by atoms with E-state index in [4.69, 9.17) is 5.73 Å². The first kappa shape index (κ1) is 16.6. The largest absolute Gasteiger partial charge is 0.378 e. The lowest BCUT2D eigenvalue weighted by Gasteiger charge is -2.32. The van der Waals surface area contributed by atoms with Gasteiger partial charge >= 0.3 is 5.69 Å². The molecule has 1 aliphatic heterocycles. The number of piperidine rings is 1. The molecular formula is C15H17N7O3. The van der Waals surface area contributed by atoms with Crippen molar-refractivity contribution in [1.29, 1.82) is 0 Å². The summed E-state index contributed by atoms with van der Waals surface area (Å²) in [5.74, 6) is 0.0616. The fraction of sp³-hybridized carbons (Fsp3) is 0.333. The number of hydrogen-bond acceptors (Lipinski definition) is 8. The van der Waals surface area contributed by atoms with Crippen LogP contribution in [0.15, 0.2) is 30.7 Å². The van der Waals surface area contributed by atoms with E-state index in [1.54, 1.807) is 29.4 Å². The molecule has 1 amide bonds. The maximum atomic E-state index is 12.4. The standard InChI is InChI=1S/C15H17N7O3/c16-13-12(22(24)25)9-18-15(20-13)19-11-3-7-21(8-4-11)14(23)10-1-5-17-6-2-10/h1-2,5-6,9,11H,3-4,7-8H2,(H3,16,18,19,20). The molecule has 1 aliphatic rings. The van der Waals surface area contributed by atoms with E-state index < -0.39 is 4.92 Å². The number of nitrogens with two attached hydrogens (primary N) is 1. The molecule has 130 valence electrons. The number of carbonyl (C=O) groups is 1. The van der Waals surface area contributed by atoms with E-state index in [-0.39, 0.29) is 29.4 Å². The van der Waals surface area contributed by atoms with Crippen LogP contribution in [0, 0.1) is 10.1 Å². The Morgan fingerprint density at radius 3 is 2.60 bits per heavy atom. The van der Waals surface area contributed by atoms with Crippen molar-refractivity contribution in [3.05, 3.63) is 46.4 Å². The fourth-order valence-corrected chi connectivity index (χ4v) is 2.69. The monoisotopic (exact) mass is 343 g/mol. The number of carbonyl (C=O) groups excluding carboxylic acids is 1. The lowest BCUT2D eigenvalue weighted by atomic mass is 10.0. The van der Waals surface area contributed by atoms with Crippen LogP contribution >= 0.6 is 0 Å². The zero-order valence-electron chi connectivity index (χ0n) is 13.3. The summed E-state index contributed by atoms with van der Waals surface area (Å²) in [6.45, 7) is 1.20. The number of rotatable bonds is 4. The van der Waals surface area contributed by atoms with Gasteiger partial charge in [0.25, 0.3) is 5.91 Å². The lowest BCUT2D eigenvalue weighted by Crippen LogP contribution is -2.42. The summed E-state index contributed by atoms with van der Waals surface area (Å²) in [6, 6.07) is 3.46. The summed E-state index contributed by atoms with van der Waals surface area (Å²) in [5.41, 5.74) is 5.86. The van der Waals surface area contributed by atoms with Crippen LogP contribution in [0.4, 0.5) is 17.5 Å². The Labute approximate surface area is 143 Å². The van der Waals surface area contributed by atoms with E-state index in [1.807, 2.05) is 0 Å². The van der Waals surface area contributed by atoms with Crippen LogP contribution < -0.4 is 11.1 Å². The van der Waals surface area contributed by atoms with Gasteiger partial charge in [-0.15, -0.1) is 0 Å². The van der Waals surface area contributed by atoms with Crippen LogP contribution in [0.25, 0.3) is 0 Å². The molecule has 0 spiro atoms. The molecule has 0 radical (unpaired) electrons. The number of nitro groups is 1. The zero-order valence-corrected chi connectivity index (χ0v) is 13.3. The molecule has 0 atom stereocenters. The van der Waals surface area contributed by atoms with Crippen molar-refractivity contribution >= 4 is 23.4 Å². The highest BCUT2D eigenvalue weighted by atomic mass is 16.6. The molecule has 25 heavy (non-hydrogen) atoms. The van der Waals surface area contributed by atoms with Gasteiger partial charge in [0, 0.05) is 37.1 Å². The number of aromatic nitrogens is 3. The quantitative estimate of drug-likeness (QED) is 0.620. The molecule has 0 bridgehead atoms. The minimum absolute atomic E-state index is 0.0170. The molecule has 2 aromatic heterocycles. The highest BCUT2D eigenvalue weighted by Crippen LogP contribution is 2.21. The van der Waals surface area contributed by atoms with E-state index >= 15 is 0 Å². The van der Waals surface area contributed by atoms with Crippen LogP contribution in [0.2, 0.25) is 0 Å². The summed E-state index contributed by atoms with van der Waals surface area (Å²) in [4.78, 5) is 36.0. The third-order valence-electron chi connectivity index (χ3n) is 4.04. The van der Waals surface area contributed by atoms with Crippen LogP contribution in [0.1, 0.15) is 23.2 Å². The Morgan fingerprint density at radius 2 is 2.00 bits per heavy atom. The van der Waals surface area contributed by atoms with Crippen LogP contribution in [0.3, 0.4) is 0 Å². The van der Waals surface area contributed by atoms with Gasteiger partial charge in [-0.2, -0.15) is 4.98 Å².